The largest absolute Gasteiger partial charge is 0.374 e. The zero-order valence-electron chi connectivity index (χ0n) is 12.3. The fourth-order valence-electron chi connectivity index (χ4n) is 2.46. The van der Waals surface area contributed by atoms with Crippen LogP contribution >= 0.6 is 0 Å². The first-order chi connectivity index (χ1) is 7.97. The van der Waals surface area contributed by atoms with Crippen LogP contribution in [0.1, 0.15) is 66.2 Å². The SMILES string of the molecule is CCCNCC1(OCCC(C)(C)C)CCCC1. The molecule has 0 unspecified atom stereocenters. The van der Waals surface area contributed by atoms with E-state index in [1.807, 2.05) is 0 Å². The Morgan fingerprint density at radius 1 is 1.18 bits per heavy atom. The summed E-state index contributed by atoms with van der Waals surface area (Å²) in [5, 5.41) is 3.54. The predicted molar refractivity (Wildman–Crippen MR) is 74.4 cm³/mol. The highest BCUT2D eigenvalue weighted by atomic mass is 16.5. The third kappa shape index (κ3) is 5.87. The van der Waals surface area contributed by atoms with Gasteiger partial charge < -0.3 is 10.1 Å². The number of ether oxygens (including phenoxy) is 1. The molecule has 0 aromatic carbocycles. The minimum Gasteiger partial charge on any atom is -0.374 e. The number of hydrogen-bond acceptors (Lipinski definition) is 2. The van der Waals surface area contributed by atoms with Crippen LogP contribution < -0.4 is 5.32 Å². The monoisotopic (exact) mass is 241 g/mol. The summed E-state index contributed by atoms with van der Waals surface area (Å²) in [5.74, 6) is 0. The van der Waals surface area contributed by atoms with Crippen LogP contribution in [-0.2, 0) is 4.74 Å². The van der Waals surface area contributed by atoms with Gasteiger partial charge in [0.05, 0.1) is 5.60 Å². The first kappa shape index (κ1) is 15.0. The highest BCUT2D eigenvalue weighted by molar-refractivity contribution is 4.88. The van der Waals surface area contributed by atoms with Crippen LogP contribution in [0.25, 0.3) is 0 Å². The topological polar surface area (TPSA) is 21.3 Å². The Balaban J connectivity index is 2.32. The summed E-state index contributed by atoms with van der Waals surface area (Å²) in [6, 6.07) is 0. The second-order valence-electron chi connectivity index (χ2n) is 6.73. The van der Waals surface area contributed by atoms with Crippen molar-refractivity contribution in [3.05, 3.63) is 0 Å². The summed E-state index contributed by atoms with van der Waals surface area (Å²) in [6.45, 7) is 12.1. The Morgan fingerprint density at radius 2 is 1.82 bits per heavy atom. The fraction of sp³-hybridized carbons (Fsp3) is 1.00. The molecule has 0 spiro atoms. The summed E-state index contributed by atoms with van der Waals surface area (Å²) in [4.78, 5) is 0. The molecule has 2 heteroatoms. The average molecular weight is 241 g/mol. The van der Waals surface area contributed by atoms with Crippen molar-refractivity contribution >= 4 is 0 Å². The second-order valence-corrected chi connectivity index (χ2v) is 6.73. The van der Waals surface area contributed by atoms with E-state index in [1.165, 1.54) is 32.1 Å². The van der Waals surface area contributed by atoms with Gasteiger partial charge in [-0.2, -0.15) is 0 Å². The third-order valence-corrected chi connectivity index (χ3v) is 3.65. The van der Waals surface area contributed by atoms with Gasteiger partial charge >= 0.3 is 0 Å². The van der Waals surface area contributed by atoms with E-state index in [-0.39, 0.29) is 5.60 Å². The van der Waals surface area contributed by atoms with Gasteiger partial charge in [-0.15, -0.1) is 0 Å². The van der Waals surface area contributed by atoms with Gasteiger partial charge in [0.2, 0.25) is 0 Å². The number of nitrogens with one attached hydrogen (secondary N) is 1. The first-order valence-electron chi connectivity index (χ1n) is 7.32. The van der Waals surface area contributed by atoms with Crippen molar-refractivity contribution in [2.45, 2.75) is 71.8 Å². The van der Waals surface area contributed by atoms with Crippen molar-refractivity contribution in [1.82, 2.24) is 5.32 Å². The van der Waals surface area contributed by atoms with Crippen LogP contribution in [0.15, 0.2) is 0 Å². The van der Waals surface area contributed by atoms with Gasteiger partial charge in [0.25, 0.3) is 0 Å². The van der Waals surface area contributed by atoms with Crippen molar-refractivity contribution < 1.29 is 4.74 Å². The molecule has 1 aliphatic carbocycles. The van der Waals surface area contributed by atoms with E-state index < -0.39 is 0 Å². The quantitative estimate of drug-likeness (QED) is 0.685. The van der Waals surface area contributed by atoms with Gasteiger partial charge in [0, 0.05) is 13.2 Å². The maximum Gasteiger partial charge on any atom is 0.0806 e. The van der Waals surface area contributed by atoms with Crippen molar-refractivity contribution in [2.24, 2.45) is 5.41 Å². The molecule has 102 valence electrons. The molecule has 0 aromatic heterocycles. The van der Waals surface area contributed by atoms with Crippen LogP contribution in [0.2, 0.25) is 0 Å². The van der Waals surface area contributed by atoms with E-state index in [0.29, 0.717) is 5.41 Å². The van der Waals surface area contributed by atoms with Crippen LogP contribution in [0, 0.1) is 5.41 Å². The molecule has 1 aliphatic rings. The summed E-state index contributed by atoms with van der Waals surface area (Å²) in [6.07, 6.45) is 7.52. The first-order valence-corrected chi connectivity index (χ1v) is 7.32. The third-order valence-electron chi connectivity index (χ3n) is 3.65. The highest BCUT2D eigenvalue weighted by Gasteiger charge is 2.34. The molecular formula is C15H31NO. The van der Waals surface area contributed by atoms with Crippen LogP contribution in [0.5, 0.6) is 0 Å². The van der Waals surface area contributed by atoms with Gasteiger partial charge in [0.15, 0.2) is 0 Å². The van der Waals surface area contributed by atoms with Crippen molar-refractivity contribution in [1.29, 1.82) is 0 Å². The van der Waals surface area contributed by atoms with E-state index in [2.05, 4.69) is 33.0 Å². The molecule has 0 atom stereocenters. The van der Waals surface area contributed by atoms with E-state index in [9.17, 15) is 0 Å². The Kier molecular flexibility index (Phi) is 5.94. The molecule has 0 bridgehead atoms. The van der Waals surface area contributed by atoms with Crippen LogP contribution in [-0.4, -0.2) is 25.3 Å². The second kappa shape index (κ2) is 6.75. The smallest absolute Gasteiger partial charge is 0.0806 e. The molecule has 0 aliphatic heterocycles. The molecule has 2 nitrogen and oxygen atoms in total. The van der Waals surface area contributed by atoms with Crippen molar-refractivity contribution in [3.63, 3.8) is 0 Å². The molecule has 1 rings (SSSR count). The van der Waals surface area contributed by atoms with Crippen LogP contribution in [0.4, 0.5) is 0 Å². The lowest BCUT2D eigenvalue weighted by molar-refractivity contribution is -0.0477. The van der Waals surface area contributed by atoms with Gasteiger partial charge in [-0.05, 0) is 37.6 Å². The predicted octanol–water partition coefficient (Wildman–Crippen LogP) is 3.75. The molecule has 1 saturated carbocycles. The minimum atomic E-state index is 0.153. The van der Waals surface area contributed by atoms with Gasteiger partial charge in [-0.1, -0.05) is 40.5 Å². The molecule has 17 heavy (non-hydrogen) atoms. The van der Waals surface area contributed by atoms with Crippen LogP contribution in [0.3, 0.4) is 0 Å². The molecule has 0 saturated heterocycles. The summed E-state index contributed by atoms with van der Waals surface area (Å²) in [7, 11) is 0. The number of hydrogen-bond donors (Lipinski definition) is 1. The van der Waals surface area contributed by atoms with E-state index in [1.54, 1.807) is 0 Å². The zero-order valence-corrected chi connectivity index (χ0v) is 12.3. The summed E-state index contributed by atoms with van der Waals surface area (Å²) >= 11 is 0. The molecular weight excluding hydrogens is 210 g/mol. The summed E-state index contributed by atoms with van der Waals surface area (Å²) < 4.78 is 6.25. The highest BCUT2D eigenvalue weighted by Crippen LogP contribution is 2.33. The Labute approximate surface area is 108 Å². The van der Waals surface area contributed by atoms with Gasteiger partial charge in [-0.3, -0.25) is 0 Å². The molecule has 0 aromatic rings. The lowest BCUT2D eigenvalue weighted by Gasteiger charge is -2.31. The zero-order chi connectivity index (χ0) is 12.8. The van der Waals surface area contributed by atoms with Crippen molar-refractivity contribution in [2.75, 3.05) is 19.7 Å². The molecule has 1 N–H and O–H groups in total. The lowest BCUT2D eigenvalue weighted by Crippen LogP contribution is -2.41. The minimum absolute atomic E-state index is 0.153. The summed E-state index contributed by atoms with van der Waals surface area (Å²) in [5.41, 5.74) is 0.539. The van der Waals surface area contributed by atoms with E-state index >= 15 is 0 Å². The molecule has 1 fully saturated rings. The molecule has 0 radical (unpaired) electrons. The normalized spacial score (nSPS) is 19.8. The molecule has 0 heterocycles. The van der Waals surface area contributed by atoms with Gasteiger partial charge in [0.1, 0.15) is 0 Å². The van der Waals surface area contributed by atoms with E-state index in [4.69, 9.17) is 4.74 Å². The van der Waals surface area contributed by atoms with E-state index in [0.717, 1.165) is 26.1 Å². The van der Waals surface area contributed by atoms with Crippen molar-refractivity contribution in [3.8, 4) is 0 Å². The average Bonchev–Trinajstić information content (AvgIpc) is 2.65. The standard InChI is InChI=1S/C15H31NO/c1-5-11-16-13-15(8-6-7-9-15)17-12-10-14(2,3)4/h16H,5-13H2,1-4H3. The van der Waals surface area contributed by atoms with Gasteiger partial charge in [-0.25, -0.2) is 0 Å². The number of rotatable bonds is 7. The molecule has 0 amide bonds. The maximum absolute atomic E-state index is 6.25. The Morgan fingerprint density at radius 3 is 2.35 bits per heavy atom. The lowest BCUT2D eigenvalue weighted by atomic mass is 9.92. The Hall–Kier alpha value is -0.0800. The maximum atomic E-state index is 6.25. The Bertz CT molecular complexity index is 201. The fourth-order valence-corrected chi connectivity index (χ4v) is 2.46.